The summed E-state index contributed by atoms with van der Waals surface area (Å²) in [4.78, 5) is 9.78. The summed E-state index contributed by atoms with van der Waals surface area (Å²) in [6.45, 7) is 0.426. The number of nitro benzene ring substituents is 1. The van der Waals surface area contributed by atoms with Crippen molar-refractivity contribution >= 4 is 21.4 Å². The fraction of sp³-hybridized carbons (Fsp3) is 0.538. The molecule has 0 aromatic heterocycles. The van der Waals surface area contributed by atoms with Crippen LogP contribution in [0.2, 0.25) is 0 Å². The molecule has 0 spiro atoms. The number of piperidine rings is 1. The van der Waals surface area contributed by atoms with E-state index < -0.39 is 32.4 Å². The molecule has 1 saturated heterocycles. The summed E-state index contributed by atoms with van der Waals surface area (Å²) in [7, 11) is -3.32. The van der Waals surface area contributed by atoms with E-state index in [-0.39, 0.29) is 24.8 Å². The van der Waals surface area contributed by atoms with Crippen LogP contribution in [0.1, 0.15) is 18.4 Å². The molecule has 1 aromatic rings. The summed E-state index contributed by atoms with van der Waals surface area (Å²) in [5.74, 6) is 0. The molecule has 0 radical (unpaired) electrons. The summed E-state index contributed by atoms with van der Waals surface area (Å²) in [5, 5.41) is 13.4. The third kappa shape index (κ3) is 4.35. The lowest BCUT2D eigenvalue weighted by Crippen LogP contribution is -2.42. The molecule has 0 unspecified atom stereocenters. The molecule has 1 aliphatic heterocycles. The monoisotopic (exact) mass is 367 g/mol. The van der Waals surface area contributed by atoms with Gasteiger partial charge in [-0.2, -0.15) is 13.2 Å². The number of anilines is 1. The van der Waals surface area contributed by atoms with E-state index in [1.807, 2.05) is 0 Å². The first-order valence-electron chi connectivity index (χ1n) is 7.06. The lowest BCUT2D eigenvalue weighted by Gasteiger charge is -2.31. The normalized spacial score (nSPS) is 17.7. The zero-order chi connectivity index (χ0) is 18.1. The SMILES string of the molecule is CS(=O)(=O)N1CCC(Nc2ccc([N+](=O)[O-])cc2C(F)(F)F)CC1. The van der Waals surface area contributed by atoms with Gasteiger partial charge in [-0.25, -0.2) is 12.7 Å². The van der Waals surface area contributed by atoms with Gasteiger partial charge < -0.3 is 5.32 Å². The van der Waals surface area contributed by atoms with E-state index in [0.29, 0.717) is 18.9 Å². The van der Waals surface area contributed by atoms with E-state index >= 15 is 0 Å². The molecule has 1 fully saturated rings. The number of rotatable bonds is 4. The highest BCUT2D eigenvalue weighted by Gasteiger charge is 2.36. The molecule has 0 bridgehead atoms. The van der Waals surface area contributed by atoms with Gasteiger partial charge >= 0.3 is 6.18 Å². The third-order valence-electron chi connectivity index (χ3n) is 3.80. The van der Waals surface area contributed by atoms with Gasteiger partial charge in [-0.15, -0.1) is 0 Å². The largest absolute Gasteiger partial charge is 0.418 e. The molecule has 0 atom stereocenters. The number of hydrogen-bond acceptors (Lipinski definition) is 5. The van der Waals surface area contributed by atoms with Crippen LogP contribution in [0.15, 0.2) is 18.2 Å². The van der Waals surface area contributed by atoms with Crippen LogP contribution in [0.25, 0.3) is 0 Å². The zero-order valence-electron chi connectivity index (χ0n) is 12.7. The maximum absolute atomic E-state index is 13.1. The molecular weight excluding hydrogens is 351 g/mol. The van der Waals surface area contributed by atoms with E-state index in [0.717, 1.165) is 18.4 Å². The van der Waals surface area contributed by atoms with Crippen molar-refractivity contribution in [1.82, 2.24) is 4.31 Å². The molecule has 0 aliphatic carbocycles. The van der Waals surface area contributed by atoms with Crippen molar-refractivity contribution in [3.8, 4) is 0 Å². The Balaban J connectivity index is 2.17. The number of nitro groups is 1. The summed E-state index contributed by atoms with van der Waals surface area (Å²) < 4.78 is 63.5. The lowest BCUT2D eigenvalue weighted by atomic mass is 10.0. The molecule has 1 aliphatic rings. The van der Waals surface area contributed by atoms with E-state index in [1.54, 1.807) is 0 Å². The first-order chi connectivity index (χ1) is 11.0. The number of non-ortho nitro benzene ring substituents is 1. The molecule has 1 aromatic carbocycles. The second-order valence-electron chi connectivity index (χ2n) is 5.57. The first-order valence-corrected chi connectivity index (χ1v) is 8.90. The van der Waals surface area contributed by atoms with Crippen LogP contribution in [-0.2, 0) is 16.2 Å². The van der Waals surface area contributed by atoms with Crippen LogP contribution < -0.4 is 5.32 Å². The van der Waals surface area contributed by atoms with E-state index in [4.69, 9.17) is 0 Å². The van der Waals surface area contributed by atoms with Crippen LogP contribution in [0.4, 0.5) is 24.5 Å². The van der Waals surface area contributed by atoms with Gasteiger partial charge in [0.1, 0.15) is 0 Å². The molecule has 1 N–H and O–H groups in total. The zero-order valence-corrected chi connectivity index (χ0v) is 13.5. The summed E-state index contributed by atoms with van der Waals surface area (Å²) in [6.07, 6.45) is -2.95. The van der Waals surface area contributed by atoms with Gasteiger partial charge in [0.05, 0.1) is 16.7 Å². The number of nitrogens with one attached hydrogen (secondary N) is 1. The molecule has 7 nitrogen and oxygen atoms in total. The Morgan fingerprint density at radius 1 is 1.29 bits per heavy atom. The number of alkyl halides is 3. The van der Waals surface area contributed by atoms with Crippen molar-refractivity contribution in [1.29, 1.82) is 0 Å². The minimum Gasteiger partial charge on any atom is -0.382 e. The summed E-state index contributed by atoms with van der Waals surface area (Å²) >= 11 is 0. The topological polar surface area (TPSA) is 92.6 Å². The number of sulfonamides is 1. The molecule has 24 heavy (non-hydrogen) atoms. The van der Waals surface area contributed by atoms with Crippen molar-refractivity contribution in [3.05, 3.63) is 33.9 Å². The van der Waals surface area contributed by atoms with Crippen LogP contribution in [0.5, 0.6) is 0 Å². The minimum atomic E-state index is -4.73. The minimum absolute atomic E-state index is 0.213. The Morgan fingerprint density at radius 3 is 2.33 bits per heavy atom. The molecule has 134 valence electrons. The van der Waals surface area contributed by atoms with Crippen molar-refractivity contribution in [2.24, 2.45) is 0 Å². The third-order valence-corrected chi connectivity index (χ3v) is 5.11. The molecule has 0 amide bonds. The van der Waals surface area contributed by atoms with E-state index in [2.05, 4.69) is 5.32 Å². The van der Waals surface area contributed by atoms with Gasteiger partial charge in [-0.1, -0.05) is 0 Å². The van der Waals surface area contributed by atoms with Crippen LogP contribution in [0, 0.1) is 10.1 Å². The lowest BCUT2D eigenvalue weighted by molar-refractivity contribution is -0.385. The Bertz CT molecular complexity index is 728. The number of nitrogens with zero attached hydrogens (tertiary/aromatic N) is 2. The van der Waals surface area contributed by atoms with Crippen LogP contribution >= 0.6 is 0 Å². The average Bonchev–Trinajstić information content (AvgIpc) is 2.46. The van der Waals surface area contributed by atoms with Crippen molar-refractivity contribution in [3.63, 3.8) is 0 Å². The Kier molecular flexibility index (Phi) is 5.04. The number of hydrogen-bond donors (Lipinski definition) is 1. The maximum Gasteiger partial charge on any atom is 0.418 e. The van der Waals surface area contributed by atoms with Gasteiger partial charge in [-0.3, -0.25) is 10.1 Å². The second-order valence-corrected chi connectivity index (χ2v) is 7.55. The van der Waals surface area contributed by atoms with Gasteiger partial charge in [0.15, 0.2) is 0 Å². The van der Waals surface area contributed by atoms with Crippen molar-refractivity contribution in [2.75, 3.05) is 24.7 Å². The van der Waals surface area contributed by atoms with Gasteiger partial charge in [0, 0.05) is 37.0 Å². The van der Waals surface area contributed by atoms with Gasteiger partial charge in [-0.05, 0) is 18.9 Å². The Morgan fingerprint density at radius 2 is 1.88 bits per heavy atom. The predicted molar refractivity (Wildman–Crippen MR) is 81.2 cm³/mol. The first kappa shape index (κ1) is 18.5. The van der Waals surface area contributed by atoms with Crippen molar-refractivity contribution in [2.45, 2.75) is 25.1 Å². The van der Waals surface area contributed by atoms with Crippen LogP contribution in [0.3, 0.4) is 0 Å². The average molecular weight is 367 g/mol. The van der Waals surface area contributed by atoms with Crippen molar-refractivity contribution < 1.29 is 26.5 Å². The van der Waals surface area contributed by atoms with Gasteiger partial charge in [0.25, 0.3) is 5.69 Å². The molecule has 11 heteroatoms. The molecule has 2 rings (SSSR count). The molecular formula is C13H16F3N3O4S. The maximum atomic E-state index is 13.1. The molecule has 1 heterocycles. The number of benzene rings is 1. The highest BCUT2D eigenvalue weighted by atomic mass is 32.2. The second kappa shape index (κ2) is 6.55. The Labute approximate surface area is 136 Å². The highest BCUT2D eigenvalue weighted by Crippen LogP contribution is 2.37. The summed E-state index contributed by atoms with van der Waals surface area (Å²) in [5.41, 5.74) is -1.99. The predicted octanol–water partition coefficient (Wildman–Crippen LogP) is 2.45. The Hall–Kier alpha value is -1.88. The fourth-order valence-electron chi connectivity index (χ4n) is 2.56. The standard InChI is InChI=1S/C13H16F3N3O4S/c1-24(22,23)18-6-4-9(5-7-18)17-12-3-2-10(19(20)21)8-11(12)13(14,15)16/h2-3,8-9,17H,4-7H2,1H3. The highest BCUT2D eigenvalue weighted by molar-refractivity contribution is 7.88. The van der Waals surface area contributed by atoms with Gasteiger partial charge in [0.2, 0.25) is 10.0 Å². The smallest absolute Gasteiger partial charge is 0.382 e. The summed E-state index contributed by atoms with van der Waals surface area (Å²) in [6, 6.07) is 2.19. The fourth-order valence-corrected chi connectivity index (χ4v) is 3.43. The quantitative estimate of drug-likeness (QED) is 0.652. The van der Waals surface area contributed by atoms with E-state index in [9.17, 15) is 31.7 Å². The van der Waals surface area contributed by atoms with E-state index in [1.165, 1.54) is 4.31 Å². The van der Waals surface area contributed by atoms with Crippen LogP contribution in [-0.4, -0.2) is 43.0 Å². The number of halogens is 3. The molecule has 0 saturated carbocycles.